The van der Waals surface area contributed by atoms with Crippen LogP contribution in [0.5, 0.6) is 0 Å². The van der Waals surface area contributed by atoms with E-state index in [1.54, 1.807) is 5.01 Å². The highest BCUT2D eigenvalue weighted by atomic mass is 79.9. The van der Waals surface area contributed by atoms with Crippen LogP contribution in [-0.2, 0) is 16.1 Å². The lowest BCUT2D eigenvalue weighted by Gasteiger charge is -2.56. The largest absolute Gasteiger partial charge is 0.443 e. The van der Waals surface area contributed by atoms with Crippen LogP contribution in [0.4, 0.5) is 4.79 Å². The van der Waals surface area contributed by atoms with Gasteiger partial charge in [-0.05, 0) is 67.3 Å². The minimum Gasteiger partial charge on any atom is -0.443 e. The number of hydrazine groups is 1. The van der Waals surface area contributed by atoms with Crippen molar-refractivity contribution in [2.24, 2.45) is 29.6 Å². The quantitative estimate of drug-likeness (QED) is 0.499. The van der Waals surface area contributed by atoms with Gasteiger partial charge in [-0.3, -0.25) is 4.79 Å². The molecule has 1 aromatic carbocycles. The van der Waals surface area contributed by atoms with Crippen LogP contribution in [0.3, 0.4) is 0 Å². The standard InChI is InChI=1S/C23H31BrN2O3/c1-14(2)20(24)22(27)26(25-23(28)29-13-15-6-4-3-5-7-15)21-18-9-16-8-17(11-18)12-19(21)10-16/h3-7,14,16-21H,8-13H2,1-2H3,(H,25,28). The van der Waals surface area contributed by atoms with Crippen molar-refractivity contribution in [1.82, 2.24) is 10.4 Å². The highest BCUT2D eigenvalue weighted by Gasteiger charge is 2.52. The number of nitrogens with one attached hydrogen (secondary N) is 1. The summed E-state index contributed by atoms with van der Waals surface area (Å²) in [6, 6.07) is 9.68. The molecule has 4 aliphatic rings. The Morgan fingerprint density at radius 1 is 1.07 bits per heavy atom. The molecule has 1 unspecified atom stereocenters. The van der Waals surface area contributed by atoms with Gasteiger partial charge < -0.3 is 4.74 Å². The lowest BCUT2D eigenvalue weighted by Crippen LogP contribution is -2.63. The first-order valence-corrected chi connectivity index (χ1v) is 11.8. The van der Waals surface area contributed by atoms with E-state index in [-0.39, 0.29) is 29.3 Å². The summed E-state index contributed by atoms with van der Waals surface area (Å²) in [7, 11) is 0. The second-order valence-electron chi connectivity index (χ2n) is 9.45. The summed E-state index contributed by atoms with van der Waals surface area (Å²) in [5.74, 6) is 2.66. The molecule has 0 aromatic heterocycles. The average molecular weight is 463 g/mol. The first-order chi connectivity index (χ1) is 13.9. The highest BCUT2D eigenvalue weighted by Crippen LogP contribution is 2.55. The van der Waals surface area contributed by atoms with E-state index in [0.29, 0.717) is 11.8 Å². The zero-order valence-electron chi connectivity index (χ0n) is 17.2. The van der Waals surface area contributed by atoms with Crippen LogP contribution in [-0.4, -0.2) is 27.9 Å². The highest BCUT2D eigenvalue weighted by molar-refractivity contribution is 9.10. The van der Waals surface area contributed by atoms with Crippen molar-refractivity contribution in [3.63, 3.8) is 0 Å². The molecule has 0 saturated heterocycles. The Kier molecular flexibility index (Phi) is 6.19. The smallest absolute Gasteiger partial charge is 0.426 e. The van der Waals surface area contributed by atoms with E-state index in [1.165, 1.54) is 32.1 Å². The molecule has 6 heteroatoms. The molecular formula is C23H31BrN2O3. The lowest BCUT2D eigenvalue weighted by atomic mass is 9.54. The number of carbonyl (C=O) groups is 2. The molecule has 0 heterocycles. The van der Waals surface area contributed by atoms with E-state index < -0.39 is 6.09 Å². The Bertz CT molecular complexity index is 711. The molecule has 4 aliphatic carbocycles. The summed E-state index contributed by atoms with van der Waals surface area (Å²) < 4.78 is 5.43. The SMILES string of the molecule is CC(C)C(Br)C(=O)N(NC(=O)OCc1ccccc1)C1C2CC3CC(C2)CC1C3. The predicted molar refractivity (Wildman–Crippen MR) is 115 cm³/mol. The number of halogens is 1. The van der Waals surface area contributed by atoms with Crippen LogP contribution in [0.15, 0.2) is 30.3 Å². The molecule has 29 heavy (non-hydrogen) atoms. The third-order valence-corrected chi connectivity index (χ3v) is 8.41. The maximum atomic E-state index is 13.3. The summed E-state index contributed by atoms with van der Waals surface area (Å²) in [5, 5.41) is 1.64. The van der Waals surface area contributed by atoms with Gasteiger partial charge in [0.15, 0.2) is 0 Å². The lowest BCUT2D eigenvalue weighted by molar-refractivity contribution is -0.149. The van der Waals surface area contributed by atoms with Crippen molar-refractivity contribution < 1.29 is 14.3 Å². The molecule has 4 fully saturated rings. The molecule has 158 valence electrons. The fraction of sp³-hybridized carbons (Fsp3) is 0.652. The summed E-state index contributed by atoms with van der Waals surface area (Å²) in [4.78, 5) is 25.6. The molecule has 5 rings (SSSR count). The molecule has 2 amide bonds. The molecule has 1 aromatic rings. The second-order valence-corrected chi connectivity index (χ2v) is 10.4. The van der Waals surface area contributed by atoms with Gasteiger partial charge in [0.2, 0.25) is 0 Å². The fourth-order valence-corrected chi connectivity index (χ4v) is 6.09. The molecule has 0 aliphatic heterocycles. The zero-order valence-corrected chi connectivity index (χ0v) is 18.8. The fourth-order valence-electron chi connectivity index (χ4n) is 5.87. The third kappa shape index (κ3) is 4.47. The minimum absolute atomic E-state index is 0.0610. The van der Waals surface area contributed by atoms with Gasteiger partial charge in [-0.15, -0.1) is 0 Å². The Balaban J connectivity index is 1.48. The number of amides is 2. The Hall–Kier alpha value is -1.56. The van der Waals surface area contributed by atoms with Gasteiger partial charge in [-0.25, -0.2) is 15.2 Å². The van der Waals surface area contributed by atoms with E-state index >= 15 is 0 Å². The maximum absolute atomic E-state index is 13.3. The van der Waals surface area contributed by atoms with Crippen molar-refractivity contribution in [3.05, 3.63) is 35.9 Å². The van der Waals surface area contributed by atoms with Crippen molar-refractivity contribution in [1.29, 1.82) is 0 Å². The van der Waals surface area contributed by atoms with Crippen LogP contribution in [0.2, 0.25) is 0 Å². The van der Waals surface area contributed by atoms with E-state index in [4.69, 9.17) is 4.74 Å². The Morgan fingerprint density at radius 2 is 1.66 bits per heavy atom. The molecule has 4 saturated carbocycles. The van der Waals surface area contributed by atoms with Crippen LogP contribution in [0.1, 0.15) is 51.5 Å². The number of alkyl halides is 1. The van der Waals surface area contributed by atoms with Crippen molar-refractivity contribution in [2.75, 3.05) is 0 Å². The number of nitrogens with zero attached hydrogens (tertiary/aromatic N) is 1. The van der Waals surface area contributed by atoms with Gasteiger partial charge in [0, 0.05) is 0 Å². The van der Waals surface area contributed by atoms with Crippen molar-refractivity contribution in [2.45, 2.75) is 63.4 Å². The molecule has 1 atom stereocenters. The number of benzene rings is 1. The zero-order chi connectivity index (χ0) is 20.5. The molecular weight excluding hydrogens is 432 g/mol. The van der Waals surface area contributed by atoms with Crippen molar-refractivity contribution >= 4 is 27.9 Å². The van der Waals surface area contributed by atoms with Gasteiger partial charge in [0.05, 0.1) is 10.9 Å². The summed E-state index contributed by atoms with van der Waals surface area (Å²) in [6.07, 6.45) is 5.51. The Labute approximate surface area is 181 Å². The topological polar surface area (TPSA) is 58.6 Å². The van der Waals surface area contributed by atoms with Crippen LogP contribution in [0, 0.1) is 29.6 Å². The maximum Gasteiger partial charge on any atom is 0.426 e. The van der Waals surface area contributed by atoms with Crippen molar-refractivity contribution in [3.8, 4) is 0 Å². The average Bonchev–Trinajstić information content (AvgIpc) is 2.70. The number of hydrogen-bond acceptors (Lipinski definition) is 3. The predicted octanol–water partition coefficient (Wildman–Crippen LogP) is 4.90. The number of ether oxygens (including phenoxy) is 1. The molecule has 5 nitrogen and oxygen atoms in total. The monoisotopic (exact) mass is 462 g/mol. The molecule has 4 bridgehead atoms. The second kappa shape index (κ2) is 8.66. The Morgan fingerprint density at radius 3 is 2.21 bits per heavy atom. The minimum atomic E-state index is -0.556. The summed E-state index contributed by atoms with van der Waals surface area (Å²) in [5.41, 5.74) is 3.77. The summed E-state index contributed by atoms with van der Waals surface area (Å²) >= 11 is 3.56. The van der Waals surface area contributed by atoms with E-state index in [9.17, 15) is 9.59 Å². The molecule has 1 N–H and O–H groups in total. The van der Waals surface area contributed by atoms with E-state index in [0.717, 1.165) is 17.4 Å². The van der Waals surface area contributed by atoms with Gasteiger partial charge >= 0.3 is 6.09 Å². The summed E-state index contributed by atoms with van der Waals surface area (Å²) in [6.45, 7) is 4.22. The number of rotatable bonds is 5. The van der Waals surface area contributed by atoms with E-state index in [1.807, 2.05) is 44.2 Å². The molecule has 0 radical (unpaired) electrons. The van der Waals surface area contributed by atoms with Gasteiger partial charge in [0.25, 0.3) is 5.91 Å². The third-order valence-electron chi connectivity index (χ3n) is 6.96. The van der Waals surface area contributed by atoms with Crippen LogP contribution >= 0.6 is 15.9 Å². The van der Waals surface area contributed by atoms with Crippen LogP contribution in [0.25, 0.3) is 0 Å². The number of hydrogen-bond donors (Lipinski definition) is 1. The van der Waals surface area contributed by atoms with Gasteiger partial charge in [-0.2, -0.15) is 0 Å². The van der Waals surface area contributed by atoms with E-state index in [2.05, 4.69) is 21.4 Å². The number of carbonyl (C=O) groups excluding carboxylic acids is 2. The van der Waals surface area contributed by atoms with Gasteiger partial charge in [0.1, 0.15) is 6.61 Å². The van der Waals surface area contributed by atoms with Crippen LogP contribution < -0.4 is 5.43 Å². The van der Waals surface area contributed by atoms with Gasteiger partial charge in [-0.1, -0.05) is 60.1 Å². The normalized spacial score (nSPS) is 30.8. The first-order valence-electron chi connectivity index (χ1n) is 10.9. The molecule has 0 spiro atoms. The first kappa shape index (κ1) is 20.7.